The van der Waals surface area contributed by atoms with E-state index >= 15 is 0 Å². The van der Waals surface area contributed by atoms with Gasteiger partial charge >= 0.3 is 0 Å². The fourth-order valence-corrected chi connectivity index (χ4v) is 5.42. The molecule has 5 rings (SSSR count). The summed E-state index contributed by atoms with van der Waals surface area (Å²) < 4.78 is 2.24. The standard InChI is InChI=1S/C15H12ClN3.C11H12ClNOS.C5H12.C4H8.C2H6/c1-17-11-3-4-13(16)12(8-11)15-5-2-10-9-18-7-6-14(10)19-15;12-11-7-10(4-3-9(11)8-14)13-5-1-2-6-15-13;1-3-5-4-2;1-3-4-2;1-2/h2-9,17H,1H3;3-4,7-8H,1-2,5-6H2;3-5H2,1-2H3;3-4H,1-2H3;1-2H3/b;;;4-3-;. The Labute approximate surface area is 286 Å². The predicted molar refractivity (Wildman–Crippen MR) is 202 cm³/mol. The number of pyridine rings is 2. The lowest BCUT2D eigenvalue weighted by Crippen LogP contribution is -2.20. The van der Waals surface area contributed by atoms with Crippen LogP contribution in [-0.4, -0.2) is 35.6 Å². The molecule has 8 heteroatoms. The monoisotopic (exact) mass is 668 g/mol. The molecule has 0 spiro atoms. The third-order valence-electron chi connectivity index (χ3n) is 6.46. The first kappa shape index (κ1) is 40.0. The maximum Gasteiger partial charge on any atom is 0.151 e. The summed E-state index contributed by atoms with van der Waals surface area (Å²) in [5, 5.41) is 5.36. The van der Waals surface area contributed by atoms with Crippen LogP contribution < -0.4 is 9.62 Å². The number of rotatable bonds is 6. The van der Waals surface area contributed by atoms with Crippen molar-refractivity contribution in [1.29, 1.82) is 0 Å². The fourth-order valence-electron chi connectivity index (χ4n) is 3.91. The minimum absolute atomic E-state index is 0.536. The number of carbonyl (C=O) groups excluding carboxylic acids is 1. The van der Waals surface area contributed by atoms with Crippen LogP contribution in [0.25, 0.3) is 22.2 Å². The summed E-state index contributed by atoms with van der Waals surface area (Å²) in [4.78, 5) is 19.3. The Balaban J connectivity index is 0.000000346. The van der Waals surface area contributed by atoms with E-state index in [9.17, 15) is 4.79 Å². The molecular formula is C37H50Cl2N4OS. The Morgan fingerprint density at radius 2 is 1.67 bits per heavy atom. The first-order chi connectivity index (χ1) is 21.9. The summed E-state index contributed by atoms with van der Waals surface area (Å²) in [5.74, 6) is 1.16. The Kier molecular flexibility index (Phi) is 21.5. The number of allylic oxidation sites excluding steroid dienone is 2. The molecule has 1 fully saturated rings. The first-order valence-corrected chi connectivity index (χ1v) is 17.5. The maximum atomic E-state index is 10.6. The Morgan fingerprint density at radius 3 is 2.22 bits per heavy atom. The predicted octanol–water partition coefficient (Wildman–Crippen LogP) is 12.2. The molecule has 244 valence electrons. The minimum atomic E-state index is 0.536. The molecule has 4 aromatic rings. The highest BCUT2D eigenvalue weighted by atomic mass is 35.5. The highest BCUT2D eigenvalue weighted by Gasteiger charge is 2.13. The second kappa shape index (κ2) is 24.2. The van der Waals surface area contributed by atoms with Gasteiger partial charge in [0.25, 0.3) is 0 Å². The van der Waals surface area contributed by atoms with Crippen LogP contribution in [0.15, 0.2) is 79.1 Å². The third kappa shape index (κ3) is 14.3. The van der Waals surface area contributed by atoms with Gasteiger partial charge in [-0.3, -0.25) is 9.78 Å². The Bertz CT molecular complexity index is 1420. The van der Waals surface area contributed by atoms with Crippen molar-refractivity contribution < 1.29 is 4.79 Å². The molecule has 3 heterocycles. The second-order valence-electron chi connectivity index (χ2n) is 9.70. The summed E-state index contributed by atoms with van der Waals surface area (Å²) in [6.07, 6.45) is 14.9. The van der Waals surface area contributed by atoms with E-state index in [1.165, 1.54) is 32.1 Å². The van der Waals surface area contributed by atoms with E-state index in [0.717, 1.165) is 52.1 Å². The zero-order valence-electron chi connectivity index (χ0n) is 27.9. The van der Waals surface area contributed by atoms with Crippen molar-refractivity contribution in [3.8, 4) is 11.3 Å². The number of anilines is 2. The number of aromatic nitrogens is 2. The smallest absolute Gasteiger partial charge is 0.151 e. The topological polar surface area (TPSA) is 58.1 Å². The highest BCUT2D eigenvalue weighted by molar-refractivity contribution is 8.00. The van der Waals surface area contributed by atoms with Crippen LogP contribution in [0, 0.1) is 0 Å². The van der Waals surface area contributed by atoms with Gasteiger partial charge in [0.1, 0.15) is 0 Å². The number of aldehydes is 1. The molecule has 0 unspecified atom stereocenters. The van der Waals surface area contributed by atoms with Crippen molar-refractivity contribution in [2.24, 2.45) is 0 Å². The van der Waals surface area contributed by atoms with Gasteiger partial charge < -0.3 is 9.62 Å². The molecule has 0 amide bonds. The van der Waals surface area contributed by atoms with E-state index in [-0.39, 0.29) is 0 Å². The molecule has 5 nitrogen and oxygen atoms in total. The van der Waals surface area contributed by atoms with E-state index in [1.807, 2.05) is 107 Å². The summed E-state index contributed by atoms with van der Waals surface area (Å²) in [7, 11) is 1.88. The van der Waals surface area contributed by atoms with E-state index in [4.69, 9.17) is 23.2 Å². The van der Waals surface area contributed by atoms with Gasteiger partial charge in [-0.2, -0.15) is 0 Å². The van der Waals surface area contributed by atoms with Gasteiger partial charge in [0.05, 0.1) is 21.3 Å². The van der Waals surface area contributed by atoms with Gasteiger partial charge in [-0.15, -0.1) is 0 Å². The van der Waals surface area contributed by atoms with Crippen molar-refractivity contribution in [3.05, 3.63) is 94.8 Å². The number of hydrogen-bond donors (Lipinski definition) is 1. The quantitative estimate of drug-likeness (QED) is 0.125. The number of nitrogens with one attached hydrogen (secondary N) is 1. The third-order valence-corrected chi connectivity index (χ3v) is 8.30. The highest BCUT2D eigenvalue weighted by Crippen LogP contribution is 2.31. The van der Waals surface area contributed by atoms with Crippen molar-refractivity contribution >= 4 is 63.7 Å². The summed E-state index contributed by atoms with van der Waals surface area (Å²) in [6, 6.07) is 17.3. The average Bonchev–Trinajstić information content (AvgIpc) is 3.10. The number of carbonyl (C=O) groups is 1. The van der Waals surface area contributed by atoms with Crippen molar-refractivity contribution in [2.75, 3.05) is 29.0 Å². The summed E-state index contributed by atoms with van der Waals surface area (Å²) >= 11 is 14.1. The number of halogens is 2. The molecule has 1 saturated heterocycles. The number of unbranched alkanes of at least 4 members (excludes halogenated alkanes) is 2. The van der Waals surface area contributed by atoms with Gasteiger partial charge in [-0.1, -0.05) is 82.3 Å². The molecule has 0 radical (unpaired) electrons. The molecule has 1 N–H and O–H groups in total. The minimum Gasteiger partial charge on any atom is -0.388 e. The number of hydrogen-bond acceptors (Lipinski definition) is 6. The van der Waals surface area contributed by atoms with Gasteiger partial charge in [-0.25, -0.2) is 4.98 Å². The zero-order chi connectivity index (χ0) is 33.5. The summed E-state index contributed by atoms with van der Waals surface area (Å²) in [6.45, 7) is 13.5. The molecule has 0 bridgehead atoms. The first-order valence-electron chi connectivity index (χ1n) is 15.8. The molecule has 0 atom stereocenters. The molecule has 2 aromatic carbocycles. The lowest BCUT2D eigenvalue weighted by atomic mass is 10.1. The largest absolute Gasteiger partial charge is 0.388 e. The van der Waals surface area contributed by atoms with Crippen LogP contribution in [0.3, 0.4) is 0 Å². The summed E-state index contributed by atoms with van der Waals surface area (Å²) in [5.41, 5.74) is 5.36. The zero-order valence-corrected chi connectivity index (χ0v) is 30.3. The van der Waals surface area contributed by atoms with Crippen molar-refractivity contribution in [2.45, 2.75) is 73.6 Å². The Morgan fingerprint density at radius 1 is 0.933 bits per heavy atom. The molecule has 45 heavy (non-hydrogen) atoms. The molecule has 1 aliphatic heterocycles. The van der Waals surface area contributed by atoms with Crippen LogP contribution in [0.2, 0.25) is 10.0 Å². The van der Waals surface area contributed by atoms with Crippen LogP contribution in [0.4, 0.5) is 11.4 Å². The van der Waals surface area contributed by atoms with E-state index < -0.39 is 0 Å². The number of nitrogens with zero attached hydrogens (tertiary/aromatic N) is 3. The van der Waals surface area contributed by atoms with Gasteiger partial charge in [0.2, 0.25) is 0 Å². The van der Waals surface area contributed by atoms with E-state index in [2.05, 4.69) is 33.4 Å². The van der Waals surface area contributed by atoms with Gasteiger partial charge in [-0.05, 0) is 93.2 Å². The van der Waals surface area contributed by atoms with E-state index in [0.29, 0.717) is 15.6 Å². The SMILES string of the molecule is C/C=C\C.CC.CCCCC.CNc1ccc(Cl)c(-c2ccc3cnccc3n2)c1.O=Cc1ccc(N2CCCCS2)cc1Cl. The molecule has 0 aliphatic carbocycles. The lowest BCUT2D eigenvalue weighted by molar-refractivity contribution is 0.112. The van der Waals surface area contributed by atoms with E-state index in [1.54, 1.807) is 18.5 Å². The lowest BCUT2D eigenvalue weighted by Gasteiger charge is -2.27. The molecule has 0 saturated carbocycles. The number of fused-ring (bicyclic) bond motifs is 1. The van der Waals surface area contributed by atoms with Crippen LogP contribution in [0.5, 0.6) is 0 Å². The molecule has 2 aromatic heterocycles. The van der Waals surface area contributed by atoms with Gasteiger partial charge in [0.15, 0.2) is 6.29 Å². The van der Waals surface area contributed by atoms with Crippen molar-refractivity contribution in [1.82, 2.24) is 9.97 Å². The fraction of sp³-hybridized carbons (Fsp3) is 0.378. The average molecular weight is 670 g/mol. The maximum absolute atomic E-state index is 10.6. The van der Waals surface area contributed by atoms with Crippen molar-refractivity contribution in [3.63, 3.8) is 0 Å². The molecular weight excluding hydrogens is 619 g/mol. The van der Waals surface area contributed by atoms with Crippen LogP contribution in [-0.2, 0) is 0 Å². The number of benzene rings is 2. The second-order valence-corrected chi connectivity index (χ2v) is 11.6. The van der Waals surface area contributed by atoms with Gasteiger partial charge in [0, 0.05) is 59.6 Å². The van der Waals surface area contributed by atoms with Crippen LogP contribution in [0.1, 0.15) is 84.0 Å². The van der Waals surface area contributed by atoms with Crippen LogP contribution >= 0.6 is 35.1 Å². The Hall–Kier alpha value is -3.06. The normalized spacial score (nSPS) is 11.9. The molecule has 1 aliphatic rings.